The molecule has 2 aromatic rings. The molecule has 3 nitrogen and oxygen atoms in total. The molecule has 1 unspecified atom stereocenters. The molecule has 2 aromatic carbocycles. The third-order valence-corrected chi connectivity index (χ3v) is 4.37. The summed E-state index contributed by atoms with van der Waals surface area (Å²) in [6.45, 7) is 2.09. The number of carboxylic acid groups (broad SMARTS) is 1. The van der Waals surface area contributed by atoms with E-state index in [-0.39, 0.29) is 18.4 Å². The molecule has 0 spiro atoms. The molecule has 0 radical (unpaired) electrons. The van der Waals surface area contributed by atoms with E-state index >= 15 is 0 Å². The van der Waals surface area contributed by atoms with Crippen molar-refractivity contribution in [3.8, 4) is 11.1 Å². The van der Waals surface area contributed by atoms with Gasteiger partial charge in [-0.15, -0.1) is 0 Å². The highest BCUT2D eigenvalue weighted by Gasteiger charge is 2.14. The van der Waals surface area contributed by atoms with Crippen molar-refractivity contribution in [3.05, 3.63) is 59.1 Å². The minimum Gasteiger partial charge on any atom is -0.481 e. The van der Waals surface area contributed by atoms with Crippen molar-refractivity contribution >= 4 is 17.6 Å². The van der Waals surface area contributed by atoms with Crippen LogP contribution >= 0.6 is 11.6 Å². The van der Waals surface area contributed by atoms with E-state index in [1.54, 1.807) is 0 Å². The van der Waals surface area contributed by atoms with Crippen molar-refractivity contribution in [1.82, 2.24) is 0 Å². The second-order valence-electron chi connectivity index (χ2n) is 5.94. The fourth-order valence-electron chi connectivity index (χ4n) is 2.68. The minimum absolute atomic E-state index is 0.00734. The summed E-state index contributed by atoms with van der Waals surface area (Å²) in [4.78, 5) is 10.6. The first-order chi connectivity index (χ1) is 11.0. The maximum absolute atomic E-state index is 10.6. The number of rotatable bonds is 7. The highest BCUT2D eigenvalue weighted by atomic mass is 35.5. The lowest BCUT2D eigenvalue weighted by atomic mass is 9.92. The lowest BCUT2D eigenvalue weighted by Gasteiger charge is -2.17. The summed E-state index contributed by atoms with van der Waals surface area (Å²) in [7, 11) is 0. The van der Waals surface area contributed by atoms with E-state index in [4.69, 9.17) is 22.4 Å². The SMILES string of the molecule is CC(CC[C@@H](N)CC(=O)O)c1ccc(-c2ccccc2)cc1Cl. The second kappa shape index (κ2) is 8.14. The second-order valence-corrected chi connectivity index (χ2v) is 6.35. The highest BCUT2D eigenvalue weighted by Crippen LogP contribution is 2.32. The predicted octanol–water partition coefficient (Wildman–Crippen LogP) is 4.69. The molecule has 2 atom stereocenters. The smallest absolute Gasteiger partial charge is 0.304 e. The number of carbonyl (C=O) groups is 1. The molecule has 0 aromatic heterocycles. The van der Waals surface area contributed by atoms with Crippen molar-refractivity contribution in [2.24, 2.45) is 5.73 Å². The van der Waals surface area contributed by atoms with Gasteiger partial charge in [-0.25, -0.2) is 0 Å². The number of halogens is 1. The maximum Gasteiger partial charge on any atom is 0.304 e. The van der Waals surface area contributed by atoms with Gasteiger partial charge in [0, 0.05) is 11.1 Å². The zero-order valence-electron chi connectivity index (χ0n) is 13.2. The average Bonchev–Trinajstić information content (AvgIpc) is 2.52. The Labute approximate surface area is 142 Å². The van der Waals surface area contributed by atoms with E-state index in [1.165, 1.54) is 0 Å². The minimum atomic E-state index is -0.851. The van der Waals surface area contributed by atoms with Gasteiger partial charge in [0.15, 0.2) is 0 Å². The van der Waals surface area contributed by atoms with Crippen LogP contribution in [0.25, 0.3) is 11.1 Å². The third kappa shape index (κ3) is 5.08. The van der Waals surface area contributed by atoms with E-state index < -0.39 is 5.97 Å². The van der Waals surface area contributed by atoms with E-state index in [2.05, 4.69) is 31.2 Å². The number of aliphatic carboxylic acids is 1. The number of benzene rings is 2. The Morgan fingerprint density at radius 1 is 1.13 bits per heavy atom. The van der Waals surface area contributed by atoms with Gasteiger partial charge < -0.3 is 10.8 Å². The van der Waals surface area contributed by atoms with Crippen molar-refractivity contribution in [1.29, 1.82) is 0 Å². The van der Waals surface area contributed by atoms with Gasteiger partial charge in [-0.05, 0) is 41.5 Å². The molecule has 0 amide bonds. The van der Waals surface area contributed by atoms with Gasteiger partial charge in [0.25, 0.3) is 0 Å². The van der Waals surface area contributed by atoms with Crippen LogP contribution in [0.3, 0.4) is 0 Å². The zero-order valence-corrected chi connectivity index (χ0v) is 14.0. The fourth-order valence-corrected chi connectivity index (χ4v) is 3.05. The molecule has 0 fully saturated rings. The van der Waals surface area contributed by atoms with Gasteiger partial charge in [0.05, 0.1) is 6.42 Å². The van der Waals surface area contributed by atoms with E-state index in [0.29, 0.717) is 6.42 Å². The van der Waals surface area contributed by atoms with Crippen LogP contribution in [-0.4, -0.2) is 17.1 Å². The molecule has 0 saturated carbocycles. The lowest BCUT2D eigenvalue weighted by molar-refractivity contribution is -0.137. The lowest BCUT2D eigenvalue weighted by Crippen LogP contribution is -2.24. The summed E-state index contributed by atoms with van der Waals surface area (Å²) in [5.41, 5.74) is 9.13. The van der Waals surface area contributed by atoms with Crippen LogP contribution < -0.4 is 5.73 Å². The van der Waals surface area contributed by atoms with Crippen LogP contribution in [0.4, 0.5) is 0 Å². The molecule has 0 aliphatic rings. The summed E-state index contributed by atoms with van der Waals surface area (Å²) in [6.07, 6.45) is 1.50. The maximum atomic E-state index is 10.6. The Morgan fingerprint density at radius 2 is 1.83 bits per heavy atom. The summed E-state index contributed by atoms with van der Waals surface area (Å²) in [6, 6.07) is 15.9. The molecular formula is C19H22ClNO2. The monoisotopic (exact) mass is 331 g/mol. The Hall–Kier alpha value is -1.84. The first-order valence-corrected chi connectivity index (χ1v) is 8.17. The van der Waals surface area contributed by atoms with Crippen LogP contribution in [0, 0.1) is 0 Å². The molecule has 0 aliphatic heterocycles. The van der Waals surface area contributed by atoms with Gasteiger partial charge >= 0.3 is 5.97 Å². The molecule has 0 heterocycles. The van der Waals surface area contributed by atoms with Crippen molar-refractivity contribution in [2.75, 3.05) is 0 Å². The van der Waals surface area contributed by atoms with Crippen LogP contribution in [0.15, 0.2) is 48.5 Å². The van der Waals surface area contributed by atoms with Gasteiger partial charge in [-0.3, -0.25) is 4.79 Å². The van der Waals surface area contributed by atoms with Gasteiger partial charge in [-0.2, -0.15) is 0 Å². The largest absolute Gasteiger partial charge is 0.481 e. The number of nitrogens with two attached hydrogens (primary N) is 1. The van der Waals surface area contributed by atoms with E-state index in [1.807, 2.05) is 24.3 Å². The Morgan fingerprint density at radius 3 is 2.43 bits per heavy atom. The van der Waals surface area contributed by atoms with E-state index in [9.17, 15) is 4.79 Å². The molecule has 23 heavy (non-hydrogen) atoms. The summed E-state index contributed by atoms with van der Waals surface area (Å²) in [5.74, 6) is -0.609. The van der Waals surface area contributed by atoms with Crippen LogP contribution in [0.1, 0.15) is 37.7 Å². The first kappa shape index (κ1) is 17.5. The molecular weight excluding hydrogens is 310 g/mol. The summed E-state index contributed by atoms with van der Waals surface area (Å²) >= 11 is 6.45. The standard InChI is InChI=1S/C19H22ClNO2/c1-13(7-9-16(21)12-19(22)23)17-10-8-15(11-18(17)20)14-5-3-2-4-6-14/h2-6,8,10-11,13,16H,7,9,12,21H2,1H3,(H,22,23)/t13?,16-/m1/s1. The normalized spacial score (nSPS) is 13.5. The molecule has 0 aliphatic carbocycles. The van der Waals surface area contributed by atoms with Crippen molar-refractivity contribution < 1.29 is 9.90 Å². The number of hydrogen-bond donors (Lipinski definition) is 2. The molecule has 122 valence electrons. The van der Waals surface area contributed by atoms with Crippen LogP contribution in [-0.2, 0) is 4.79 Å². The van der Waals surface area contributed by atoms with Gasteiger partial charge in [-0.1, -0.05) is 61.0 Å². The van der Waals surface area contributed by atoms with E-state index in [0.717, 1.165) is 28.1 Å². The Balaban J connectivity index is 2.04. The fraction of sp³-hybridized carbons (Fsp3) is 0.316. The summed E-state index contributed by atoms with van der Waals surface area (Å²) in [5, 5.41) is 9.49. The topological polar surface area (TPSA) is 63.3 Å². The molecule has 2 rings (SSSR count). The Bertz CT molecular complexity index is 658. The molecule has 0 bridgehead atoms. The van der Waals surface area contributed by atoms with Gasteiger partial charge in [0.1, 0.15) is 0 Å². The molecule has 4 heteroatoms. The van der Waals surface area contributed by atoms with Crippen LogP contribution in [0.5, 0.6) is 0 Å². The highest BCUT2D eigenvalue weighted by molar-refractivity contribution is 6.31. The molecule has 3 N–H and O–H groups in total. The zero-order chi connectivity index (χ0) is 16.8. The predicted molar refractivity (Wildman–Crippen MR) is 94.8 cm³/mol. The van der Waals surface area contributed by atoms with Crippen LogP contribution in [0.2, 0.25) is 5.02 Å². The average molecular weight is 332 g/mol. The summed E-state index contributed by atoms with van der Waals surface area (Å²) < 4.78 is 0. The molecule has 0 saturated heterocycles. The van der Waals surface area contributed by atoms with Crippen molar-refractivity contribution in [2.45, 2.75) is 38.1 Å². The van der Waals surface area contributed by atoms with Gasteiger partial charge in [0.2, 0.25) is 0 Å². The van der Waals surface area contributed by atoms with Crippen molar-refractivity contribution in [3.63, 3.8) is 0 Å². The Kier molecular flexibility index (Phi) is 6.20. The third-order valence-electron chi connectivity index (χ3n) is 4.05. The quantitative estimate of drug-likeness (QED) is 0.773. The number of hydrogen-bond acceptors (Lipinski definition) is 2. The first-order valence-electron chi connectivity index (χ1n) is 7.79. The number of carboxylic acids is 1.